The Morgan fingerprint density at radius 3 is 2.46 bits per heavy atom. The number of amides is 2. The maximum Gasteiger partial charge on any atom is 0.237 e. The second-order valence-corrected chi connectivity index (χ2v) is 13.0. The molecule has 5 aromatic rings. The van der Waals surface area contributed by atoms with Gasteiger partial charge in [0.2, 0.25) is 11.8 Å². The monoisotopic (exact) mass is 643 g/mol. The summed E-state index contributed by atoms with van der Waals surface area (Å²) in [4.78, 5) is 42.4. The Bertz CT molecular complexity index is 2030. The molecular formula is C36H37N9O3. The normalized spacial score (nSPS) is 19.9. The zero-order valence-corrected chi connectivity index (χ0v) is 27.1. The van der Waals surface area contributed by atoms with Crippen LogP contribution < -0.4 is 9.64 Å². The molecule has 12 heteroatoms. The van der Waals surface area contributed by atoms with E-state index in [4.69, 9.17) is 9.72 Å². The van der Waals surface area contributed by atoms with Crippen molar-refractivity contribution in [3.8, 4) is 28.4 Å². The summed E-state index contributed by atoms with van der Waals surface area (Å²) in [6.07, 6.45) is 6.15. The van der Waals surface area contributed by atoms with Gasteiger partial charge in [0, 0.05) is 44.4 Å². The number of ether oxygens (including phenoxy) is 1. The van der Waals surface area contributed by atoms with Crippen LogP contribution in [-0.2, 0) is 16.6 Å². The van der Waals surface area contributed by atoms with Crippen LogP contribution >= 0.6 is 0 Å². The molecule has 3 aliphatic rings. The van der Waals surface area contributed by atoms with Gasteiger partial charge in [0.05, 0.1) is 24.6 Å². The van der Waals surface area contributed by atoms with E-state index in [1.807, 2.05) is 65.4 Å². The van der Waals surface area contributed by atoms with E-state index in [-0.39, 0.29) is 11.8 Å². The van der Waals surface area contributed by atoms with Gasteiger partial charge in [-0.1, -0.05) is 30.3 Å². The summed E-state index contributed by atoms with van der Waals surface area (Å²) in [5.74, 6) is 2.32. The van der Waals surface area contributed by atoms with Gasteiger partial charge in [-0.2, -0.15) is 10.2 Å². The number of likely N-dealkylation sites (tertiary alicyclic amines) is 1. The van der Waals surface area contributed by atoms with E-state index in [0.717, 1.165) is 65.0 Å². The third kappa shape index (κ3) is 5.41. The molecule has 0 radical (unpaired) electrons. The van der Waals surface area contributed by atoms with Crippen molar-refractivity contribution in [1.29, 1.82) is 0 Å². The van der Waals surface area contributed by atoms with Gasteiger partial charge in [-0.25, -0.2) is 9.97 Å². The van der Waals surface area contributed by atoms with E-state index >= 15 is 0 Å². The number of carbonyl (C=O) groups excluding carboxylic acids is 2. The van der Waals surface area contributed by atoms with Gasteiger partial charge in [0.25, 0.3) is 0 Å². The summed E-state index contributed by atoms with van der Waals surface area (Å²) >= 11 is 0. The second-order valence-electron chi connectivity index (χ2n) is 13.0. The predicted octanol–water partition coefficient (Wildman–Crippen LogP) is 4.17. The van der Waals surface area contributed by atoms with Crippen LogP contribution in [0.4, 0.5) is 5.82 Å². The molecule has 12 nitrogen and oxygen atoms in total. The predicted molar refractivity (Wildman–Crippen MR) is 182 cm³/mol. The average molecular weight is 644 g/mol. The number of nitrogens with zero attached hydrogens (tertiary/aromatic N) is 8. The minimum Gasteiger partial charge on any atom is -0.497 e. The fourth-order valence-corrected chi connectivity index (χ4v) is 7.25. The first-order valence-corrected chi connectivity index (χ1v) is 16.4. The number of rotatable bonds is 7. The number of pyridine rings is 1. The molecule has 2 saturated heterocycles. The molecule has 3 aromatic heterocycles. The summed E-state index contributed by atoms with van der Waals surface area (Å²) in [5, 5.41) is 11.9. The Hall–Kier alpha value is -5.36. The van der Waals surface area contributed by atoms with E-state index in [9.17, 15) is 9.59 Å². The zero-order valence-electron chi connectivity index (χ0n) is 27.1. The van der Waals surface area contributed by atoms with Crippen LogP contribution in [0.15, 0.2) is 73.1 Å². The summed E-state index contributed by atoms with van der Waals surface area (Å²) in [5.41, 5.74) is 6.08. The first kappa shape index (κ1) is 30.0. The lowest BCUT2D eigenvalue weighted by molar-refractivity contribution is -0.132. The quantitative estimate of drug-likeness (QED) is 0.280. The molecular weight excluding hydrogens is 606 g/mol. The zero-order chi connectivity index (χ0) is 32.8. The Labute approximate surface area is 278 Å². The van der Waals surface area contributed by atoms with Crippen LogP contribution in [0.3, 0.4) is 0 Å². The largest absolute Gasteiger partial charge is 0.497 e. The van der Waals surface area contributed by atoms with Crippen molar-refractivity contribution in [3.63, 3.8) is 0 Å². The molecule has 2 fully saturated rings. The average Bonchev–Trinajstić information content (AvgIpc) is 3.92. The molecule has 1 spiro atoms. The van der Waals surface area contributed by atoms with Gasteiger partial charge in [-0.3, -0.25) is 29.2 Å². The number of carbonyl (C=O) groups is 2. The number of aromatic nitrogens is 6. The Morgan fingerprint density at radius 2 is 1.73 bits per heavy atom. The number of benzene rings is 2. The molecule has 0 unspecified atom stereocenters. The van der Waals surface area contributed by atoms with Gasteiger partial charge in [-0.05, 0) is 73.3 Å². The Kier molecular flexibility index (Phi) is 7.51. The lowest BCUT2D eigenvalue weighted by atomic mass is 9.85. The molecule has 6 heterocycles. The highest BCUT2D eigenvalue weighted by Gasteiger charge is 2.51. The molecule has 0 aliphatic carbocycles. The highest BCUT2D eigenvalue weighted by Crippen LogP contribution is 2.42. The van der Waals surface area contributed by atoms with Crippen LogP contribution in [0.25, 0.3) is 39.3 Å². The van der Waals surface area contributed by atoms with Gasteiger partial charge in [0.15, 0.2) is 5.82 Å². The molecule has 0 saturated carbocycles. The van der Waals surface area contributed by atoms with E-state index in [1.165, 1.54) is 5.57 Å². The van der Waals surface area contributed by atoms with Gasteiger partial charge < -0.3 is 9.64 Å². The summed E-state index contributed by atoms with van der Waals surface area (Å²) in [7, 11) is 3.50. The maximum atomic E-state index is 13.9. The maximum absolute atomic E-state index is 13.9. The van der Waals surface area contributed by atoms with Crippen molar-refractivity contribution >= 4 is 34.2 Å². The Morgan fingerprint density at radius 1 is 0.958 bits per heavy atom. The molecule has 2 aromatic carbocycles. The first-order valence-electron chi connectivity index (χ1n) is 16.4. The van der Waals surface area contributed by atoms with Crippen LogP contribution in [-0.4, -0.2) is 97.9 Å². The number of aryl methyl sites for hydroxylation is 1. The van der Waals surface area contributed by atoms with E-state index in [2.05, 4.69) is 43.4 Å². The lowest BCUT2D eigenvalue weighted by Gasteiger charge is -2.29. The third-order valence-corrected chi connectivity index (χ3v) is 10.0. The second kappa shape index (κ2) is 12.0. The minimum atomic E-state index is -0.488. The molecule has 3 aliphatic heterocycles. The molecule has 1 N–H and O–H groups in total. The Balaban J connectivity index is 0.893. The van der Waals surface area contributed by atoms with E-state index < -0.39 is 5.41 Å². The van der Waals surface area contributed by atoms with Gasteiger partial charge >= 0.3 is 0 Å². The third-order valence-electron chi connectivity index (χ3n) is 10.0. The molecule has 2 amide bonds. The molecule has 244 valence electrons. The van der Waals surface area contributed by atoms with Crippen molar-refractivity contribution in [2.45, 2.75) is 19.3 Å². The van der Waals surface area contributed by atoms with Crippen molar-refractivity contribution in [3.05, 3.63) is 78.6 Å². The first-order chi connectivity index (χ1) is 23.4. The summed E-state index contributed by atoms with van der Waals surface area (Å²) in [6, 6.07) is 19.8. The van der Waals surface area contributed by atoms with Crippen molar-refractivity contribution in [2.24, 2.45) is 12.5 Å². The molecule has 48 heavy (non-hydrogen) atoms. The van der Waals surface area contributed by atoms with Crippen LogP contribution in [0.1, 0.15) is 24.8 Å². The number of hydrogen-bond acceptors (Lipinski definition) is 8. The summed E-state index contributed by atoms with van der Waals surface area (Å²) in [6.45, 7) is 3.52. The number of aromatic amines is 1. The smallest absolute Gasteiger partial charge is 0.237 e. The number of methoxy groups -OCH3 is 1. The number of anilines is 1. The van der Waals surface area contributed by atoms with Gasteiger partial charge in [-0.15, -0.1) is 0 Å². The number of H-pyrrole nitrogens is 1. The van der Waals surface area contributed by atoms with E-state index in [0.29, 0.717) is 44.4 Å². The topological polar surface area (TPSA) is 125 Å². The number of nitrogens with one attached hydrogen (secondary N) is 1. The fourth-order valence-electron chi connectivity index (χ4n) is 7.25. The van der Waals surface area contributed by atoms with E-state index in [1.54, 1.807) is 18.1 Å². The highest BCUT2D eigenvalue weighted by atomic mass is 16.5. The summed E-state index contributed by atoms with van der Waals surface area (Å²) < 4.78 is 6.99. The van der Waals surface area contributed by atoms with Crippen molar-refractivity contribution in [2.75, 3.05) is 51.3 Å². The van der Waals surface area contributed by atoms with Gasteiger partial charge in [0.1, 0.15) is 29.1 Å². The number of hydrogen-bond donors (Lipinski definition) is 1. The van der Waals surface area contributed by atoms with Crippen LogP contribution in [0, 0.1) is 5.41 Å². The standard InChI is InChI=1S/C36H37N9O3/c1-42-23-37-34(41-42)27-5-3-24(4-6-27)25-13-17-44(18-14-25)31(46)21-43-19-15-36(22-43)16-20-45(35(36)47)30-12-11-29-33(38-30)32(40-39-29)26-7-9-28(48-2)10-8-26/h3-13,23H,14-22H2,1-2H3,(H,39,40)/t36-/m0/s1. The fraction of sp³-hybridized carbons (Fsp3) is 0.333. The van der Waals surface area contributed by atoms with Crippen LogP contribution in [0.2, 0.25) is 0 Å². The van der Waals surface area contributed by atoms with Crippen molar-refractivity contribution in [1.82, 2.24) is 39.7 Å². The number of fused-ring (bicyclic) bond motifs is 1. The highest BCUT2D eigenvalue weighted by molar-refractivity contribution is 6.01. The SMILES string of the molecule is COc1ccc(-c2n[nH]c3ccc(N4CC[C@]5(CCN(CC(=O)N6CC=C(c7ccc(-c8ncn(C)n8)cc7)CC6)C5)C4=O)nc23)cc1. The molecule has 1 atom stereocenters. The van der Waals surface area contributed by atoms with Crippen molar-refractivity contribution < 1.29 is 14.3 Å². The lowest BCUT2D eigenvalue weighted by Crippen LogP contribution is -2.43. The van der Waals surface area contributed by atoms with Crippen LogP contribution in [0.5, 0.6) is 5.75 Å². The molecule has 8 rings (SSSR count). The minimum absolute atomic E-state index is 0.0918. The molecule has 0 bridgehead atoms.